The molecule has 2 aromatic rings. The van der Waals surface area contributed by atoms with Crippen LogP contribution in [0.3, 0.4) is 0 Å². The first-order chi connectivity index (χ1) is 8.34. The van der Waals surface area contributed by atoms with Gasteiger partial charge in [0.25, 0.3) is 0 Å². The first-order valence-electron chi connectivity index (χ1n) is 5.30. The molecule has 0 spiro atoms. The van der Waals surface area contributed by atoms with Crippen LogP contribution in [0, 0.1) is 0 Å². The van der Waals surface area contributed by atoms with Gasteiger partial charge >= 0.3 is 6.18 Å². The van der Waals surface area contributed by atoms with E-state index in [1.807, 2.05) is 6.92 Å². The molecule has 2 N–H and O–H groups in total. The van der Waals surface area contributed by atoms with E-state index in [4.69, 9.17) is 5.73 Å². The van der Waals surface area contributed by atoms with Gasteiger partial charge in [-0.2, -0.15) is 13.2 Å². The van der Waals surface area contributed by atoms with Gasteiger partial charge in [-0.3, -0.25) is 0 Å². The maximum Gasteiger partial charge on any atom is 0.449 e. The van der Waals surface area contributed by atoms with Crippen molar-refractivity contribution in [2.45, 2.75) is 18.0 Å². The number of imidazole rings is 1. The minimum Gasteiger partial charge on any atom is -0.398 e. The highest BCUT2D eigenvalue weighted by atomic mass is 32.2. The molecule has 0 aliphatic rings. The molecule has 0 radical (unpaired) electrons. The van der Waals surface area contributed by atoms with E-state index in [1.165, 1.54) is 24.9 Å². The van der Waals surface area contributed by atoms with Crippen molar-refractivity contribution in [1.29, 1.82) is 0 Å². The second-order valence-corrected chi connectivity index (χ2v) is 5.11. The Balaban J connectivity index is 2.66. The number of alkyl halides is 3. The molecule has 1 heterocycles. The highest BCUT2D eigenvalue weighted by Crippen LogP contribution is 2.34. The molecule has 0 unspecified atom stereocenters. The summed E-state index contributed by atoms with van der Waals surface area (Å²) >= 11 is 1.49. The summed E-state index contributed by atoms with van der Waals surface area (Å²) in [6.45, 7) is 1.96. The van der Waals surface area contributed by atoms with Gasteiger partial charge in [0.05, 0.1) is 11.0 Å². The molecule has 1 aromatic carbocycles. The lowest BCUT2D eigenvalue weighted by atomic mass is 10.3. The zero-order valence-electron chi connectivity index (χ0n) is 9.88. The second-order valence-electron chi connectivity index (χ2n) is 3.80. The smallest absolute Gasteiger partial charge is 0.398 e. The minimum atomic E-state index is -4.46. The van der Waals surface area contributed by atoms with Crippen LogP contribution in [-0.2, 0) is 13.2 Å². The average molecular weight is 275 g/mol. The Labute approximate surface area is 106 Å². The number of anilines is 1. The number of thioether (sulfide) groups is 1. The van der Waals surface area contributed by atoms with E-state index in [0.717, 1.165) is 15.2 Å². The number of halogens is 3. The van der Waals surface area contributed by atoms with Gasteiger partial charge in [-0.25, -0.2) is 4.98 Å². The number of nitrogens with two attached hydrogens (primary N) is 1. The summed E-state index contributed by atoms with van der Waals surface area (Å²) in [5.74, 6) is -0.102. The second kappa shape index (κ2) is 4.38. The van der Waals surface area contributed by atoms with Gasteiger partial charge in [-0.1, -0.05) is 6.92 Å². The van der Waals surface area contributed by atoms with Gasteiger partial charge in [-0.15, -0.1) is 11.8 Å². The fraction of sp³-hybridized carbons (Fsp3) is 0.364. The van der Waals surface area contributed by atoms with Crippen LogP contribution in [-0.4, -0.2) is 15.3 Å². The number of rotatable bonds is 2. The Kier molecular flexibility index (Phi) is 3.18. The zero-order chi connectivity index (χ0) is 13.5. The molecule has 0 amide bonds. The molecule has 2 rings (SSSR count). The molecule has 0 saturated heterocycles. The Morgan fingerprint density at radius 1 is 1.39 bits per heavy atom. The van der Waals surface area contributed by atoms with Crippen molar-refractivity contribution in [2.75, 3.05) is 11.5 Å². The van der Waals surface area contributed by atoms with E-state index in [9.17, 15) is 13.2 Å². The van der Waals surface area contributed by atoms with E-state index in [-0.39, 0.29) is 5.52 Å². The molecule has 0 aliphatic carbocycles. The predicted molar refractivity (Wildman–Crippen MR) is 66.5 cm³/mol. The summed E-state index contributed by atoms with van der Waals surface area (Å²) in [5.41, 5.74) is 6.95. The fourth-order valence-electron chi connectivity index (χ4n) is 1.77. The van der Waals surface area contributed by atoms with E-state index >= 15 is 0 Å². The molecule has 0 atom stereocenters. The number of hydrogen-bond acceptors (Lipinski definition) is 3. The number of aromatic nitrogens is 2. The largest absolute Gasteiger partial charge is 0.449 e. The third-order valence-electron chi connectivity index (χ3n) is 2.57. The fourth-order valence-corrected chi connectivity index (χ4v) is 2.50. The Morgan fingerprint density at radius 2 is 2.06 bits per heavy atom. The monoisotopic (exact) mass is 275 g/mol. The summed E-state index contributed by atoms with van der Waals surface area (Å²) in [5, 5.41) is 0. The molecule has 98 valence electrons. The summed E-state index contributed by atoms with van der Waals surface area (Å²) in [7, 11) is 1.36. The number of nitrogen functional groups attached to an aromatic ring is 1. The van der Waals surface area contributed by atoms with Crippen LogP contribution in [0.5, 0.6) is 0 Å². The van der Waals surface area contributed by atoms with Gasteiger partial charge in [-0.05, 0) is 17.9 Å². The Morgan fingerprint density at radius 3 is 2.61 bits per heavy atom. The highest BCUT2D eigenvalue weighted by Gasteiger charge is 2.36. The van der Waals surface area contributed by atoms with Crippen LogP contribution in [0.4, 0.5) is 18.9 Å². The van der Waals surface area contributed by atoms with Crippen molar-refractivity contribution < 1.29 is 13.2 Å². The quantitative estimate of drug-likeness (QED) is 0.675. The van der Waals surface area contributed by atoms with Crippen molar-refractivity contribution in [3.8, 4) is 0 Å². The summed E-state index contributed by atoms with van der Waals surface area (Å²) < 4.78 is 39.2. The van der Waals surface area contributed by atoms with Crippen LogP contribution in [0.25, 0.3) is 11.0 Å². The molecule has 0 aliphatic heterocycles. The molecular weight excluding hydrogens is 263 g/mol. The van der Waals surface area contributed by atoms with Gasteiger partial charge < -0.3 is 10.3 Å². The minimum absolute atomic E-state index is 0.266. The number of nitrogens with zero attached hydrogens (tertiary/aromatic N) is 2. The Bertz CT molecular complexity index is 589. The van der Waals surface area contributed by atoms with Crippen molar-refractivity contribution >= 4 is 28.5 Å². The van der Waals surface area contributed by atoms with Crippen molar-refractivity contribution in [3.05, 3.63) is 18.0 Å². The molecule has 0 bridgehead atoms. The van der Waals surface area contributed by atoms with E-state index in [0.29, 0.717) is 11.2 Å². The average Bonchev–Trinajstić information content (AvgIpc) is 2.57. The predicted octanol–water partition coefficient (Wildman–Crippen LogP) is 3.29. The summed E-state index contributed by atoms with van der Waals surface area (Å²) in [4.78, 5) is 4.37. The maximum atomic E-state index is 12.7. The van der Waals surface area contributed by atoms with Gasteiger partial charge in [0, 0.05) is 17.6 Å². The van der Waals surface area contributed by atoms with Crippen LogP contribution >= 0.6 is 11.8 Å². The topological polar surface area (TPSA) is 43.8 Å². The molecule has 7 heteroatoms. The standard InChI is InChI=1S/C11H12F3N3S/c1-3-18-9-5-8-7(4-6(9)15)16-10(17(8)2)11(12,13)14/h4-5H,3,15H2,1-2H3. The van der Waals surface area contributed by atoms with E-state index < -0.39 is 12.0 Å². The van der Waals surface area contributed by atoms with E-state index in [2.05, 4.69) is 4.98 Å². The third-order valence-corrected chi connectivity index (χ3v) is 3.52. The molecule has 1 aromatic heterocycles. The number of aryl methyl sites for hydroxylation is 1. The SMILES string of the molecule is CCSc1cc2c(cc1N)nc(C(F)(F)F)n2C. The molecule has 3 nitrogen and oxygen atoms in total. The first-order valence-corrected chi connectivity index (χ1v) is 6.29. The summed E-state index contributed by atoms with van der Waals surface area (Å²) in [6, 6.07) is 3.14. The van der Waals surface area contributed by atoms with Gasteiger partial charge in [0.15, 0.2) is 0 Å². The van der Waals surface area contributed by atoms with Crippen LogP contribution in [0.2, 0.25) is 0 Å². The lowest BCUT2D eigenvalue weighted by Crippen LogP contribution is -2.12. The third kappa shape index (κ3) is 2.14. The molecule has 18 heavy (non-hydrogen) atoms. The number of fused-ring (bicyclic) bond motifs is 1. The summed E-state index contributed by atoms with van der Waals surface area (Å²) in [6.07, 6.45) is -4.46. The highest BCUT2D eigenvalue weighted by molar-refractivity contribution is 7.99. The van der Waals surface area contributed by atoms with Gasteiger partial charge in [0.1, 0.15) is 0 Å². The zero-order valence-corrected chi connectivity index (χ0v) is 10.7. The van der Waals surface area contributed by atoms with Gasteiger partial charge in [0.2, 0.25) is 5.82 Å². The number of hydrogen-bond donors (Lipinski definition) is 1. The Hall–Kier alpha value is -1.37. The number of benzene rings is 1. The first kappa shape index (κ1) is 13.1. The maximum absolute atomic E-state index is 12.7. The van der Waals surface area contributed by atoms with E-state index in [1.54, 1.807) is 6.07 Å². The van der Waals surface area contributed by atoms with Crippen molar-refractivity contribution in [1.82, 2.24) is 9.55 Å². The van der Waals surface area contributed by atoms with Crippen molar-refractivity contribution in [3.63, 3.8) is 0 Å². The lowest BCUT2D eigenvalue weighted by Gasteiger charge is -2.06. The molecule has 0 fully saturated rings. The van der Waals surface area contributed by atoms with Crippen LogP contribution in [0.15, 0.2) is 17.0 Å². The lowest BCUT2D eigenvalue weighted by molar-refractivity contribution is -0.146. The van der Waals surface area contributed by atoms with Crippen LogP contribution < -0.4 is 5.73 Å². The normalized spacial score (nSPS) is 12.3. The molecular formula is C11H12F3N3S. The molecule has 0 saturated carbocycles. The van der Waals surface area contributed by atoms with Crippen LogP contribution in [0.1, 0.15) is 12.7 Å². The van der Waals surface area contributed by atoms with Crippen molar-refractivity contribution in [2.24, 2.45) is 7.05 Å².